The summed E-state index contributed by atoms with van der Waals surface area (Å²) in [6.07, 6.45) is 3.03. The van der Waals surface area contributed by atoms with Crippen LogP contribution in [0.4, 0.5) is 5.69 Å². The molecule has 3 N–H and O–H groups in total. The quantitative estimate of drug-likeness (QED) is 0.212. The number of carbonyl (C=O) groups is 2. The molecule has 2 saturated heterocycles. The van der Waals surface area contributed by atoms with Gasteiger partial charge in [-0.25, -0.2) is 0 Å². The van der Waals surface area contributed by atoms with Crippen LogP contribution in [0.25, 0.3) is 0 Å². The molecule has 5 rings (SSSR count). The number of piperazine rings is 1. The van der Waals surface area contributed by atoms with Crippen LogP contribution in [-0.2, 0) is 32.2 Å². The van der Waals surface area contributed by atoms with E-state index in [2.05, 4.69) is 50.8 Å². The fraction of sp³-hybridized carbons (Fsp3) is 0.459. The molecule has 9 heteroatoms. The molecule has 46 heavy (non-hydrogen) atoms. The van der Waals surface area contributed by atoms with Gasteiger partial charge in [0.1, 0.15) is 0 Å². The van der Waals surface area contributed by atoms with E-state index in [9.17, 15) is 14.7 Å². The standard InChI is InChI=1S/C37H48N4O5/c1-28(43)38-19-7-3-6-10-36(44)39-33-17-15-32(16-18-33)37-45-34(24-35(46-37)31-13-11-30(27-42)12-14-31)26-41-22-20-40(21-23-41)25-29-8-4-2-5-9-29/h2,4-5,8-9,11-18,34-35,37,42H,3,6-7,10,19-27H2,1H3,(H,38,43)(H,39,44). The largest absolute Gasteiger partial charge is 0.392 e. The smallest absolute Gasteiger partial charge is 0.224 e. The van der Waals surface area contributed by atoms with Gasteiger partial charge < -0.3 is 25.2 Å². The van der Waals surface area contributed by atoms with Crippen molar-refractivity contribution in [2.75, 3.05) is 44.6 Å². The number of anilines is 1. The van der Waals surface area contributed by atoms with E-state index < -0.39 is 6.29 Å². The summed E-state index contributed by atoms with van der Waals surface area (Å²) in [6.45, 7) is 8.03. The highest BCUT2D eigenvalue weighted by Crippen LogP contribution is 2.38. The van der Waals surface area contributed by atoms with Gasteiger partial charge in [0.15, 0.2) is 6.29 Å². The maximum Gasteiger partial charge on any atom is 0.224 e. The van der Waals surface area contributed by atoms with Gasteiger partial charge in [-0.15, -0.1) is 0 Å². The molecule has 2 fully saturated rings. The molecule has 0 aliphatic carbocycles. The number of unbranched alkanes of at least 4 members (excludes halogenated alkanes) is 2. The molecule has 2 heterocycles. The number of amides is 2. The highest BCUT2D eigenvalue weighted by atomic mass is 16.7. The third-order valence-electron chi connectivity index (χ3n) is 8.71. The molecule has 3 atom stereocenters. The summed E-state index contributed by atoms with van der Waals surface area (Å²) >= 11 is 0. The Morgan fingerprint density at radius 1 is 0.804 bits per heavy atom. The Morgan fingerprint density at radius 3 is 2.20 bits per heavy atom. The molecule has 2 aliphatic heterocycles. The topological polar surface area (TPSA) is 103 Å². The molecule has 3 aromatic carbocycles. The number of nitrogens with zero attached hydrogens (tertiary/aromatic N) is 2. The number of benzene rings is 3. The van der Waals surface area contributed by atoms with Gasteiger partial charge in [-0.05, 0) is 41.7 Å². The molecule has 3 aromatic rings. The van der Waals surface area contributed by atoms with E-state index in [0.717, 1.165) is 87.3 Å². The number of nitrogens with one attached hydrogen (secondary N) is 2. The molecule has 246 valence electrons. The molecule has 2 aliphatic rings. The Kier molecular flexibility index (Phi) is 12.7. The van der Waals surface area contributed by atoms with E-state index in [-0.39, 0.29) is 30.6 Å². The number of aliphatic hydroxyl groups is 1. The van der Waals surface area contributed by atoms with E-state index >= 15 is 0 Å². The van der Waals surface area contributed by atoms with Gasteiger partial charge in [0.2, 0.25) is 11.8 Å². The maximum atomic E-state index is 12.5. The highest BCUT2D eigenvalue weighted by Gasteiger charge is 2.33. The van der Waals surface area contributed by atoms with Crippen LogP contribution in [0.2, 0.25) is 0 Å². The van der Waals surface area contributed by atoms with Crippen molar-refractivity contribution < 1.29 is 24.2 Å². The molecule has 0 aromatic heterocycles. The van der Waals surface area contributed by atoms with E-state index in [4.69, 9.17) is 9.47 Å². The minimum atomic E-state index is -0.533. The second kappa shape index (κ2) is 17.4. The second-order valence-electron chi connectivity index (χ2n) is 12.4. The highest BCUT2D eigenvalue weighted by molar-refractivity contribution is 5.90. The molecule has 9 nitrogen and oxygen atoms in total. The minimum Gasteiger partial charge on any atom is -0.392 e. The number of aliphatic hydroxyl groups excluding tert-OH is 1. The van der Waals surface area contributed by atoms with Gasteiger partial charge in [-0.2, -0.15) is 0 Å². The lowest BCUT2D eigenvalue weighted by Gasteiger charge is -2.40. The Hall–Kier alpha value is -3.60. The fourth-order valence-corrected chi connectivity index (χ4v) is 6.09. The first-order valence-corrected chi connectivity index (χ1v) is 16.6. The molecule has 0 bridgehead atoms. The van der Waals surface area contributed by atoms with Crippen LogP contribution < -0.4 is 10.6 Å². The normalized spacial score (nSPS) is 20.7. The average Bonchev–Trinajstić information content (AvgIpc) is 3.08. The Morgan fingerprint density at radius 2 is 1.50 bits per heavy atom. The number of hydrogen-bond donors (Lipinski definition) is 3. The number of rotatable bonds is 14. The van der Waals surface area contributed by atoms with E-state index in [1.807, 2.05) is 48.5 Å². The zero-order valence-corrected chi connectivity index (χ0v) is 26.9. The molecule has 0 radical (unpaired) electrons. The first-order chi connectivity index (χ1) is 22.4. The predicted molar refractivity (Wildman–Crippen MR) is 179 cm³/mol. The lowest BCUT2D eigenvalue weighted by atomic mass is 9.99. The van der Waals surface area contributed by atoms with Crippen molar-refractivity contribution in [1.82, 2.24) is 15.1 Å². The SMILES string of the molecule is CC(=O)NCCCCCC(=O)Nc1ccc(C2OC(CN3CCN(Cc4ccccc4)CC3)CC(c3ccc(CO)cc3)O2)cc1. The van der Waals surface area contributed by atoms with Gasteiger partial charge >= 0.3 is 0 Å². The predicted octanol–water partition coefficient (Wildman–Crippen LogP) is 5.18. The molecule has 0 spiro atoms. The summed E-state index contributed by atoms with van der Waals surface area (Å²) in [5.41, 5.74) is 4.95. The summed E-state index contributed by atoms with van der Waals surface area (Å²) in [5, 5.41) is 15.3. The van der Waals surface area contributed by atoms with Gasteiger partial charge in [0.25, 0.3) is 0 Å². The third-order valence-corrected chi connectivity index (χ3v) is 8.71. The second-order valence-corrected chi connectivity index (χ2v) is 12.4. The number of hydrogen-bond acceptors (Lipinski definition) is 7. The molecule has 0 saturated carbocycles. The first-order valence-electron chi connectivity index (χ1n) is 16.6. The van der Waals surface area contributed by atoms with Crippen LogP contribution in [0, 0.1) is 0 Å². The lowest BCUT2D eigenvalue weighted by Crippen LogP contribution is -2.49. The zero-order valence-electron chi connectivity index (χ0n) is 26.9. The molecular weight excluding hydrogens is 580 g/mol. The monoisotopic (exact) mass is 628 g/mol. The van der Waals surface area contributed by atoms with Gasteiger partial charge in [0.05, 0.1) is 18.8 Å². The fourth-order valence-electron chi connectivity index (χ4n) is 6.09. The summed E-state index contributed by atoms with van der Waals surface area (Å²) in [6, 6.07) is 26.3. The minimum absolute atomic E-state index is 0.00744. The maximum absolute atomic E-state index is 12.5. The van der Waals surface area contributed by atoms with Crippen LogP contribution >= 0.6 is 0 Å². The molecule has 2 amide bonds. The number of ether oxygens (including phenoxy) is 2. The number of carbonyl (C=O) groups excluding carboxylic acids is 2. The summed E-state index contributed by atoms with van der Waals surface area (Å²) in [4.78, 5) is 28.5. The summed E-state index contributed by atoms with van der Waals surface area (Å²) in [7, 11) is 0. The lowest BCUT2D eigenvalue weighted by molar-refractivity contribution is -0.253. The van der Waals surface area contributed by atoms with Crippen molar-refractivity contribution in [3.63, 3.8) is 0 Å². The van der Waals surface area contributed by atoms with E-state index in [1.54, 1.807) is 0 Å². The molecular formula is C37H48N4O5. The van der Waals surface area contributed by atoms with Crippen LogP contribution in [0.3, 0.4) is 0 Å². The van der Waals surface area contributed by atoms with Crippen LogP contribution in [0.15, 0.2) is 78.9 Å². The van der Waals surface area contributed by atoms with Gasteiger partial charge in [-0.3, -0.25) is 19.4 Å². The molecule has 3 unspecified atom stereocenters. The van der Waals surface area contributed by atoms with Crippen molar-refractivity contribution in [3.8, 4) is 0 Å². The van der Waals surface area contributed by atoms with Crippen molar-refractivity contribution in [2.24, 2.45) is 0 Å². The van der Waals surface area contributed by atoms with Crippen molar-refractivity contribution in [2.45, 2.75) is 70.7 Å². The van der Waals surface area contributed by atoms with E-state index in [0.29, 0.717) is 13.0 Å². The third kappa shape index (κ3) is 10.5. The van der Waals surface area contributed by atoms with Crippen molar-refractivity contribution in [3.05, 3.63) is 101 Å². The van der Waals surface area contributed by atoms with Gasteiger partial charge in [-0.1, -0.05) is 73.2 Å². The van der Waals surface area contributed by atoms with E-state index in [1.165, 1.54) is 12.5 Å². The first kappa shape index (κ1) is 33.8. The van der Waals surface area contributed by atoms with Crippen LogP contribution in [0.5, 0.6) is 0 Å². The Bertz CT molecular complexity index is 1360. The van der Waals surface area contributed by atoms with Crippen LogP contribution in [-0.4, -0.2) is 72.1 Å². The average molecular weight is 629 g/mol. The Labute approximate surface area is 272 Å². The van der Waals surface area contributed by atoms with Crippen LogP contribution in [0.1, 0.15) is 73.7 Å². The van der Waals surface area contributed by atoms with Crippen molar-refractivity contribution in [1.29, 1.82) is 0 Å². The van der Waals surface area contributed by atoms with Gasteiger partial charge in [0, 0.05) is 76.8 Å². The Balaban J connectivity index is 1.16. The summed E-state index contributed by atoms with van der Waals surface area (Å²) in [5.74, 6) is -0.0473. The zero-order chi connectivity index (χ0) is 32.1. The van der Waals surface area contributed by atoms with Crippen molar-refractivity contribution >= 4 is 17.5 Å². The summed E-state index contributed by atoms with van der Waals surface area (Å²) < 4.78 is 13.1.